The van der Waals surface area contributed by atoms with Crippen LogP contribution in [0.4, 0.5) is 4.39 Å². The fourth-order valence-corrected chi connectivity index (χ4v) is 3.75. The molecule has 6 nitrogen and oxygen atoms in total. The summed E-state index contributed by atoms with van der Waals surface area (Å²) >= 11 is 0. The minimum Gasteiger partial charge on any atom is -0.494 e. The Labute approximate surface area is 133 Å². The molecule has 2 aromatic rings. The highest BCUT2D eigenvalue weighted by Crippen LogP contribution is 2.27. The summed E-state index contributed by atoms with van der Waals surface area (Å²) in [5.41, 5.74) is 0. The lowest BCUT2D eigenvalue weighted by molar-refractivity contribution is 0.0758. The van der Waals surface area contributed by atoms with Crippen molar-refractivity contribution >= 4 is 10.0 Å². The van der Waals surface area contributed by atoms with Crippen molar-refractivity contribution in [1.82, 2.24) is 9.29 Å². The maximum Gasteiger partial charge on any atom is 0.243 e. The van der Waals surface area contributed by atoms with Crippen molar-refractivity contribution in [3.05, 3.63) is 48.5 Å². The van der Waals surface area contributed by atoms with Gasteiger partial charge in [-0.1, -0.05) is 0 Å². The van der Waals surface area contributed by atoms with Crippen LogP contribution in [0.2, 0.25) is 0 Å². The van der Waals surface area contributed by atoms with Gasteiger partial charge in [-0.15, -0.1) is 0 Å². The first-order chi connectivity index (χ1) is 11.0. The van der Waals surface area contributed by atoms with Crippen LogP contribution < -0.4 is 9.47 Å². The zero-order valence-electron chi connectivity index (χ0n) is 12.3. The lowest BCUT2D eigenvalue weighted by atomic mass is 10.2. The van der Waals surface area contributed by atoms with E-state index in [-0.39, 0.29) is 29.8 Å². The van der Waals surface area contributed by atoms with Gasteiger partial charge in [0.1, 0.15) is 11.9 Å². The molecular weight excluding hydrogens is 323 g/mol. The predicted octanol–water partition coefficient (Wildman–Crippen LogP) is 1.68. The molecular formula is C15H15FN2O4S. The van der Waals surface area contributed by atoms with Crippen LogP contribution >= 0.6 is 0 Å². The molecule has 0 radical (unpaired) electrons. The molecule has 0 saturated carbocycles. The van der Waals surface area contributed by atoms with E-state index in [2.05, 4.69) is 4.98 Å². The fourth-order valence-electron chi connectivity index (χ4n) is 2.24. The molecule has 3 rings (SSSR count). The number of benzene rings is 1. The molecule has 1 aromatic carbocycles. The van der Waals surface area contributed by atoms with Gasteiger partial charge < -0.3 is 9.47 Å². The van der Waals surface area contributed by atoms with E-state index in [9.17, 15) is 12.8 Å². The minimum atomic E-state index is -3.73. The number of aromatic nitrogens is 1. The number of pyridine rings is 1. The number of sulfonamides is 1. The lowest BCUT2D eigenvalue weighted by Crippen LogP contribution is -2.55. The highest BCUT2D eigenvalue weighted by atomic mass is 32.2. The van der Waals surface area contributed by atoms with Gasteiger partial charge in [0.05, 0.1) is 31.3 Å². The third-order valence-corrected chi connectivity index (χ3v) is 5.34. The summed E-state index contributed by atoms with van der Waals surface area (Å²) in [5.74, 6) is -0.118. The molecule has 23 heavy (non-hydrogen) atoms. The molecule has 0 amide bonds. The highest BCUT2D eigenvalue weighted by Gasteiger charge is 2.38. The standard InChI is InChI=1S/C15H15FN2O4S/c1-21-15-5-4-13(7-14(15)16)23(19,20)18-9-12(10-18)22-11-3-2-6-17-8-11/h2-8,12H,9-10H2,1H3. The maximum absolute atomic E-state index is 13.7. The maximum atomic E-state index is 13.7. The predicted molar refractivity (Wildman–Crippen MR) is 80.4 cm³/mol. The van der Waals surface area contributed by atoms with Crippen molar-refractivity contribution in [3.63, 3.8) is 0 Å². The van der Waals surface area contributed by atoms with Crippen molar-refractivity contribution in [2.45, 2.75) is 11.0 Å². The summed E-state index contributed by atoms with van der Waals surface area (Å²) in [6, 6.07) is 7.08. The molecule has 0 spiro atoms. The van der Waals surface area contributed by atoms with Gasteiger partial charge in [0.15, 0.2) is 11.6 Å². The van der Waals surface area contributed by atoms with Gasteiger partial charge in [-0.25, -0.2) is 12.8 Å². The molecule has 1 aromatic heterocycles. The van der Waals surface area contributed by atoms with Gasteiger partial charge >= 0.3 is 0 Å². The van der Waals surface area contributed by atoms with Gasteiger partial charge in [0.25, 0.3) is 0 Å². The van der Waals surface area contributed by atoms with Crippen LogP contribution in [0.5, 0.6) is 11.5 Å². The zero-order chi connectivity index (χ0) is 16.4. The Bertz CT molecular complexity index is 792. The van der Waals surface area contributed by atoms with Gasteiger partial charge in [-0.2, -0.15) is 4.31 Å². The Morgan fingerprint density at radius 3 is 2.70 bits per heavy atom. The monoisotopic (exact) mass is 338 g/mol. The van der Waals surface area contributed by atoms with Crippen LogP contribution in [0.25, 0.3) is 0 Å². The van der Waals surface area contributed by atoms with E-state index in [1.165, 1.54) is 23.5 Å². The number of hydrogen-bond acceptors (Lipinski definition) is 5. The molecule has 0 bridgehead atoms. The summed E-state index contributed by atoms with van der Waals surface area (Å²) < 4.78 is 50.2. The van der Waals surface area contributed by atoms with Crippen molar-refractivity contribution in [1.29, 1.82) is 0 Å². The number of nitrogens with zero attached hydrogens (tertiary/aromatic N) is 2. The Morgan fingerprint density at radius 1 is 1.30 bits per heavy atom. The van der Waals surface area contributed by atoms with Gasteiger partial charge in [-0.3, -0.25) is 4.98 Å². The van der Waals surface area contributed by atoms with E-state index >= 15 is 0 Å². The van der Waals surface area contributed by atoms with Crippen molar-refractivity contribution < 1.29 is 22.3 Å². The molecule has 0 aliphatic carbocycles. The zero-order valence-corrected chi connectivity index (χ0v) is 13.2. The number of hydrogen-bond donors (Lipinski definition) is 0. The average Bonchev–Trinajstić information content (AvgIpc) is 2.51. The van der Waals surface area contributed by atoms with Gasteiger partial charge in [0.2, 0.25) is 10.0 Å². The molecule has 8 heteroatoms. The van der Waals surface area contributed by atoms with E-state index in [1.807, 2.05) is 0 Å². The van der Waals surface area contributed by atoms with Crippen LogP contribution in [0.3, 0.4) is 0 Å². The second kappa shape index (κ2) is 6.13. The molecule has 1 saturated heterocycles. The van der Waals surface area contributed by atoms with Crippen LogP contribution in [-0.4, -0.2) is 44.0 Å². The van der Waals surface area contributed by atoms with E-state index < -0.39 is 15.8 Å². The number of ether oxygens (including phenoxy) is 2. The molecule has 1 fully saturated rings. The molecule has 122 valence electrons. The largest absolute Gasteiger partial charge is 0.494 e. The summed E-state index contributed by atoms with van der Waals surface area (Å²) in [5, 5.41) is 0. The molecule has 0 N–H and O–H groups in total. The first kappa shape index (κ1) is 15.7. The van der Waals surface area contributed by atoms with Crippen molar-refractivity contribution in [2.24, 2.45) is 0 Å². The number of methoxy groups -OCH3 is 1. The van der Waals surface area contributed by atoms with Crippen molar-refractivity contribution in [2.75, 3.05) is 20.2 Å². The number of rotatable bonds is 5. The average molecular weight is 338 g/mol. The lowest BCUT2D eigenvalue weighted by Gasteiger charge is -2.37. The molecule has 1 aliphatic rings. The van der Waals surface area contributed by atoms with Crippen LogP contribution in [0, 0.1) is 5.82 Å². The Morgan fingerprint density at radius 2 is 2.09 bits per heavy atom. The molecule has 2 heterocycles. The van der Waals surface area contributed by atoms with E-state index in [4.69, 9.17) is 9.47 Å². The second-order valence-corrected chi connectivity index (χ2v) is 6.98. The van der Waals surface area contributed by atoms with Crippen LogP contribution in [0.1, 0.15) is 0 Å². The Balaban J connectivity index is 1.67. The van der Waals surface area contributed by atoms with Gasteiger partial charge in [0, 0.05) is 6.20 Å². The molecule has 1 aliphatic heterocycles. The quantitative estimate of drug-likeness (QED) is 0.830. The topological polar surface area (TPSA) is 68.7 Å². The van der Waals surface area contributed by atoms with Crippen LogP contribution in [-0.2, 0) is 10.0 Å². The minimum absolute atomic E-state index is 0.00495. The highest BCUT2D eigenvalue weighted by molar-refractivity contribution is 7.89. The van der Waals surface area contributed by atoms with Crippen molar-refractivity contribution in [3.8, 4) is 11.5 Å². The summed E-state index contributed by atoms with van der Waals surface area (Å²) in [6.07, 6.45) is 2.95. The SMILES string of the molecule is COc1ccc(S(=O)(=O)N2CC(Oc3cccnc3)C2)cc1F. The molecule has 0 unspecified atom stereocenters. The summed E-state index contributed by atoms with van der Waals surface area (Å²) in [4.78, 5) is 3.83. The summed E-state index contributed by atoms with van der Waals surface area (Å²) in [7, 11) is -2.41. The third-order valence-electron chi connectivity index (χ3n) is 3.51. The Hall–Kier alpha value is -2.19. The number of halogens is 1. The summed E-state index contributed by atoms with van der Waals surface area (Å²) in [6.45, 7) is 0.426. The van der Waals surface area contributed by atoms with E-state index in [0.29, 0.717) is 5.75 Å². The van der Waals surface area contributed by atoms with E-state index in [1.54, 1.807) is 24.5 Å². The first-order valence-electron chi connectivity index (χ1n) is 6.91. The fraction of sp³-hybridized carbons (Fsp3) is 0.267. The normalized spacial score (nSPS) is 15.9. The van der Waals surface area contributed by atoms with E-state index in [0.717, 1.165) is 6.07 Å². The van der Waals surface area contributed by atoms with Crippen LogP contribution in [0.15, 0.2) is 47.6 Å². The smallest absolute Gasteiger partial charge is 0.243 e. The third kappa shape index (κ3) is 3.13. The molecule has 0 atom stereocenters. The second-order valence-electron chi connectivity index (χ2n) is 5.05. The van der Waals surface area contributed by atoms with Gasteiger partial charge in [-0.05, 0) is 30.3 Å². The Kier molecular flexibility index (Phi) is 4.18. The first-order valence-corrected chi connectivity index (χ1v) is 8.35.